The zero-order chi connectivity index (χ0) is 15.3. The van der Waals surface area contributed by atoms with E-state index in [2.05, 4.69) is 5.32 Å². The van der Waals surface area contributed by atoms with Crippen molar-refractivity contribution >= 4 is 17.9 Å². The predicted molar refractivity (Wildman–Crippen MR) is 66.9 cm³/mol. The maximum Gasteiger partial charge on any atom is 0.326 e. The molecule has 0 aromatic carbocycles. The van der Waals surface area contributed by atoms with Crippen molar-refractivity contribution in [3.05, 3.63) is 0 Å². The number of hydrogen-bond acceptors (Lipinski definition) is 5. The SMILES string of the molecule is COC1CN(C(=O)NC(CC(N)=O)C(=O)O)CC1OC. The number of hydrogen-bond donors (Lipinski definition) is 3. The largest absolute Gasteiger partial charge is 0.480 e. The summed E-state index contributed by atoms with van der Waals surface area (Å²) in [4.78, 5) is 35.0. The van der Waals surface area contributed by atoms with Crippen LogP contribution in [-0.4, -0.2) is 73.5 Å². The van der Waals surface area contributed by atoms with E-state index in [0.29, 0.717) is 0 Å². The van der Waals surface area contributed by atoms with E-state index < -0.39 is 30.4 Å². The van der Waals surface area contributed by atoms with Gasteiger partial charge in [0, 0.05) is 14.2 Å². The molecule has 0 aliphatic carbocycles. The number of nitrogens with one attached hydrogen (secondary N) is 1. The maximum absolute atomic E-state index is 12.0. The van der Waals surface area contributed by atoms with Crippen molar-refractivity contribution in [1.29, 1.82) is 0 Å². The third-order valence-electron chi connectivity index (χ3n) is 3.11. The Hall–Kier alpha value is -1.87. The van der Waals surface area contributed by atoms with E-state index in [1.54, 1.807) is 0 Å². The van der Waals surface area contributed by atoms with Crippen molar-refractivity contribution in [2.75, 3.05) is 27.3 Å². The van der Waals surface area contributed by atoms with Gasteiger partial charge in [-0.25, -0.2) is 9.59 Å². The zero-order valence-electron chi connectivity index (χ0n) is 11.4. The molecule has 20 heavy (non-hydrogen) atoms. The van der Waals surface area contributed by atoms with Crippen LogP contribution in [0.3, 0.4) is 0 Å². The second-order valence-electron chi connectivity index (χ2n) is 4.46. The third-order valence-corrected chi connectivity index (χ3v) is 3.11. The average molecular weight is 289 g/mol. The van der Waals surface area contributed by atoms with Crippen LogP contribution < -0.4 is 11.1 Å². The van der Waals surface area contributed by atoms with Gasteiger partial charge in [0.1, 0.15) is 18.2 Å². The number of amides is 3. The Labute approximate surface area is 116 Å². The molecule has 0 bridgehead atoms. The number of aliphatic carboxylic acids is 1. The molecule has 9 heteroatoms. The van der Waals surface area contributed by atoms with Crippen LogP contribution in [0.4, 0.5) is 4.79 Å². The van der Waals surface area contributed by atoms with Crippen molar-refractivity contribution in [3.8, 4) is 0 Å². The lowest BCUT2D eigenvalue weighted by molar-refractivity contribution is -0.140. The first kappa shape index (κ1) is 16.2. The van der Waals surface area contributed by atoms with E-state index in [-0.39, 0.29) is 25.3 Å². The number of methoxy groups -OCH3 is 2. The topological polar surface area (TPSA) is 131 Å². The van der Waals surface area contributed by atoms with E-state index in [1.807, 2.05) is 0 Å². The lowest BCUT2D eigenvalue weighted by Crippen LogP contribution is -2.49. The molecule has 3 unspecified atom stereocenters. The summed E-state index contributed by atoms with van der Waals surface area (Å²) in [5, 5.41) is 11.2. The lowest BCUT2D eigenvalue weighted by atomic mass is 10.2. The second kappa shape index (κ2) is 7.06. The third kappa shape index (κ3) is 4.07. The summed E-state index contributed by atoms with van der Waals surface area (Å²) in [6, 6.07) is -1.94. The van der Waals surface area contributed by atoms with Gasteiger partial charge in [-0.15, -0.1) is 0 Å². The molecular weight excluding hydrogens is 270 g/mol. The van der Waals surface area contributed by atoms with Crippen LogP contribution >= 0.6 is 0 Å². The minimum Gasteiger partial charge on any atom is -0.480 e. The van der Waals surface area contributed by atoms with E-state index >= 15 is 0 Å². The quantitative estimate of drug-likeness (QED) is 0.538. The fourth-order valence-corrected chi connectivity index (χ4v) is 2.00. The van der Waals surface area contributed by atoms with Crippen LogP contribution in [0.25, 0.3) is 0 Å². The first-order chi connectivity index (χ1) is 9.38. The summed E-state index contributed by atoms with van der Waals surface area (Å²) in [6.45, 7) is 0.563. The maximum atomic E-state index is 12.0. The number of likely N-dealkylation sites (tertiary alicyclic amines) is 1. The van der Waals surface area contributed by atoms with Gasteiger partial charge in [0.15, 0.2) is 0 Å². The number of carboxylic acids is 1. The summed E-state index contributed by atoms with van der Waals surface area (Å²) in [5.74, 6) is -2.12. The Morgan fingerprint density at radius 1 is 1.30 bits per heavy atom. The van der Waals surface area contributed by atoms with E-state index in [1.165, 1.54) is 19.1 Å². The molecule has 0 spiro atoms. The van der Waals surface area contributed by atoms with Crippen molar-refractivity contribution in [2.45, 2.75) is 24.7 Å². The highest BCUT2D eigenvalue weighted by Gasteiger charge is 2.36. The van der Waals surface area contributed by atoms with E-state index in [4.69, 9.17) is 20.3 Å². The molecule has 4 N–H and O–H groups in total. The lowest BCUT2D eigenvalue weighted by Gasteiger charge is -2.20. The molecule has 1 fully saturated rings. The fourth-order valence-electron chi connectivity index (χ4n) is 2.00. The van der Waals surface area contributed by atoms with E-state index in [0.717, 1.165) is 0 Å². The van der Waals surface area contributed by atoms with Crippen molar-refractivity contribution in [2.24, 2.45) is 5.73 Å². The van der Waals surface area contributed by atoms with Gasteiger partial charge < -0.3 is 30.5 Å². The summed E-state index contributed by atoms with van der Waals surface area (Å²) >= 11 is 0. The summed E-state index contributed by atoms with van der Waals surface area (Å²) < 4.78 is 10.3. The standard InChI is InChI=1S/C11H19N3O6/c1-19-7-4-14(5-8(7)20-2)11(18)13-6(10(16)17)3-9(12)15/h6-8H,3-5H2,1-2H3,(H2,12,15)(H,13,18)(H,16,17). The normalized spacial score (nSPS) is 23.4. The van der Waals surface area contributed by atoms with Crippen LogP contribution in [0.1, 0.15) is 6.42 Å². The van der Waals surface area contributed by atoms with Gasteiger partial charge in [-0.05, 0) is 0 Å². The van der Waals surface area contributed by atoms with Crippen molar-refractivity contribution in [1.82, 2.24) is 10.2 Å². The smallest absolute Gasteiger partial charge is 0.326 e. The van der Waals surface area contributed by atoms with Gasteiger partial charge in [0.2, 0.25) is 5.91 Å². The molecule has 0 radical (unpaired) electrons. The first-order valence-corrected chi connectivity index (χ1v) is 6.01. The molecule has 3 amide bonds. The molecule has 1 saturated heterocycles. The second-order valence-corrected chi connectivity index (χ2v) is 4.46. The average Bonchev–Trinajstić information content (AvgIpc) is 2.80. The molecule has 114 valence electrons. The molecule has 3 atom stereocenters. The Morgan fingerprint density at radius 2 is 1.80 bits per heavy atom. The number of urea groups is 1. The molecule has 0 saturated carbocycles. The highest BCUT2D eigenvalue weighted by atomic mass is 16.5. The van der Waals surface area contributed by atoms with Crippen LogP contribution in [0.5, 0.6) is 0 Å². The Balaban J connectivity index is 2.61. The minimum atomic E-state index is -1.34. The summed E-state index contributed by atoms with van der Waals surface area (Å²) in [5.41, 5.74) is 4.94. The first-order valence-electron chi connectivity index (χ1n) is 6.01. The molecule has 9 nitrogen and oxygen atoms in total. The molecule has 1 aliphatic rings. The highest BCUT2D eigenvalue weighted by molar-refractivity contribution is 5.87. The monoisotopic (exact) mass is 289 g/mol. The molecular formula is C11H19N3O6. The Bertz CT molecular complexity index is 376. The zero-order valence-corrected chi connectivity index (χ0v) is 11.4. The number of carboxylic acid groups (broad SMARTS) is 1. The number of ether oxygens (including phenoxy) is 2. The van der Waals surface area contributed by atoms with Crippen molar-refractivity contribution < 1.29 is 29.0 Å². The number of primary amides is 1. The Morgan fingerprint density at radius 3 is 2.15 bits per heavy atom. The molecule has 1 aliphatic heterocycles. The number of nitrogens with zero attached hydrogens (tertiary/aromatic N) is 1. The predicted octanol–water partition coefficient (Wildman–Crippen LogP) is -1.63. The highest BCUT2D eigenvalue weighted by Crippen LogP contribution is 2.15. The number of nitrogens with two attached hydrogens (primary N) is 1. The van der Waals surface area contributed by atoms with Crippen LogP contribution in [0, 0.1) is 0 Å². The molecule has 1 rings (SSSR count). The van der Waals surface area contributed by atoms with Gasteiger partial charge in [0.25, 0.3) is 0 Å². The fraction of sp³-hybridized carbons (Fsp3) is 0.727. The molecule has 0 aromatic rings. The Kier molecular flexibility index (Phi) is 5.71. The van der Waals surface area contributed by atoms with Crippen molar-refractivity contribution in [3.63, 3.8) is 0 Å². The van der Waals surface area contributed by atoms with Crippen LogP contribution in [0.15, 0.2) is 0 Å². The van der Waals surface area contributed by atoms with Gasteiger partial charge in [-0.2, -0.15) is 0 Å². The summed E-state index contributed by atoms with van der Waals surface area (Å²) in [6.07, 6.45) is -1.01. The number of rotatable bonds is 6. The van der Waals surface area contributed by atoms with Gasteiger partial charge in [-0.1, -0.05) is 0 Å². The molecule has 0 aromatic heterocycles. The van der Waals surface area contributed by atoms with E-state index in [9.17, 15) is 14.4 Å². The van der Waals surface area contributed by atoms with Crippen LogP contribution in [-0.2, 0) is 19.1 Å². The summed E-state index contributed by atoms with van der Waals surface area (Å²) in [7, 11) is 3.01. The van der Waals surface area contributed by atoms with Gasteiger partial charge in [0.05, 0.1) is 19.5 Å². The van der Waals surface area contributed by atoms with Gasteiger partial charge in [-0.3, -0.25) is 4.79 Å². The van der Waals surface area contributed by atoms with Crippen LogP contribution in [0.2, 0.25) is 0 Å². The number of carbonyl (C=O) groups excluding carboxylic acids is 2. The van der Waals surface area contributed by atoms with Gasteiger partial charge >= 0.3 is 12.0 Å². The number of carbonyl (C=O) groups is 3. The minimum absolute atomic E-state index is 0.273. The molecule has 1 heterocycles.